The van der Waals surface area contributed by atoms with E-state index < -0.39 is 0 Å². The van der Waals surface area contributed by atoms with Gasteiger partial charge in [0.25, 0.3) is 0 Å². The van der Waals surface area contributed by atoms with E-state index in [9.17, 15) is 0 Å². The number of anilines is 2. The minimum Gasteiger partial charge on any atom is -0.398 e. The van der Waals surface area contributed by atoms with E-state index in [0.29, 0.717) is 0 Å². The van der Waals surface area contributed by atoms with Gasteiger partial charge in [0, 0.05) is 24.5 Å². The monoisotopic (exact) mass is 204 g/mol. The van der Waals surface area contributed by atoms with Gasteiger partial charge in [-0.25, -0.2) is 0 Å². The molecule has 0 radical (unpaired) electrons. The van der Waals surface area contributed by atoms with Gasteiger partial charge < -0.3 is 10.6 Å². The average Bonchev–Trinajstić information content (AvgIpc) is 2.26. The fourth-order valence-corrected chi connectivity index (χ4v) is 2.46. The molecule has 82 valence electrons. The van der Waals surface area contributed by atoms with E-state index >= 15 is 0 Å². The molecule has 1 fully saturated rings. The summed E-state index contributed by atoms with van der Waals surface area (Å²) in [6, 6.07) is 4.14. The summed E-state index contributed by atoms with van der Waals surface area (Å²) in [5, 5.41) is 0. The van der Waals surface area contributed by atoms with Crippen molar-refractivity contribution in [1.29, 1.82) is 0 Å². The molecular formula is C13H20N2. The van der Waals surface area contributed by atoms with Gasteiger partial charge >= 0.3 is 0 Å². The highest BCUT2D eigenvalue weighted by Gasteiger charge is 2.15. The van der Waals surface area contributed by atoms with Gasteiger partial charge in [0.1, 0.15) is 0 Å². The Hall–Kier alpha value is -1.18. The Morgan fingerprint density at radius 1 is 1.07 bits per heavy atom. The van der Waals surface area contributed by atoms with E-state index in [1.807, 2.05) is 6.07 Å². The minimum absolute atomic E-state index is 0.918. The third kappa shape index (κ3) is 1.94. The number of hydrogen-bond donors (Lipinski definition) is 1. The second kappa shape index (κ2) is 4.13. The Balaban J connectivity index is 2.36. The highest BCUT2D eigenvalue weighted by Crippen LogP contribution is 2.30. The Kier molecular flexibility index (Phi) is 2.85. The lowest BCUT2D eigenvalue weighted by Gasteiger charge is -2.32. The first-order valence-corrected chi connectivity index (χ1v) is 5.81. The van der Waals surface area contributed by atoms with Crippen LogP contribution in [0.1, 0.15) is 30.4 Å². The highest BCUT2D eigenvalue weighted by atomic mass is 15.1. The van der Waals surface area contributed by atoms with Crippen molar-refractivity contribution in [1.82, 2.24) is 0 Å². The molecule has 0 amide bonds. The molecule has 1 heterocycles. The standard InChI is InChI=1S/C13H20N2/c1-10-6-7-12(14)11(2)13(10)15-8-4-3-5-9-15/h6-7H,3-5,8-9,14H2,1-2H3. The van der Waals surface area contributed by atoms with Crippen LogP contribution in [0.5, 0.6) is 0 Å². The number of rotatable bonds is 1. The van der Waals surface area contributed by atoms with Crippen LogP contribution in [0.4, 0.5) is 11.4 Å². The van der Waals surface area contributed by atoms with E-state index in [1.165, 1.54) is 49.2 Å². The lowest BCUT2D eigenvalue weighted by atomic mass is 10.0. The molecule has 0 unspecified atom stereocenters. The van der Waals surface area contributed by atoms with E-state index in [4.69, 9.17) is 5.73 Å². The Morgan fingerprint density at radius 3 is 2.40 bits per heavy atom. The van der Waals surface area contributed by atoms with Crippen molar-refractivity contribution in [3.63, 3.8) is 0 Å². The predicted molar refractivity (Wildman–Crippen MR) is 66.4 cm³/mol. The lowest BCUT2D eigenvalue weighted by Crippen LogP contribution is -2.30. The molecule has 2 rings (SSSR count). The molecule has 0 aliphatic carbocycles. The summed E-state index contributed by atoms with van der Waals surface area (Å²) in [6.07, 6.45) is 4.00. The third-order valence-corrected chi connectivity index (χ3v) is 3.35. The van der Waals surface area contributed by atoms with Gasteiger partial charge in [-0.2, -0.15) is 0 Å². The molecule has 1 aliphatic heterocycles. The average molecular weight is 204 g/mol. The van der Waals surface area contributed by atoms with Gasteiger partial charge in [0.05, 0.1) is 0 Å². The van der Waals surface area contributed by atoms with Crippen LogP contribution in [0.15, 0.2) is 12.1 Å². The zero-order chi connectivity index (χ0) is 10.8. The topological polar surface area (TPSA) is 29.3 Å². The second-order valence-corrected chi connectivity index (χ2v) is 4.49. The van der Waals surface area contributed by atoms with Crippen molar-refractivity contribution in [2.45, 2.75) is 33.1 Å². The number of hydrogen-bond acceptors (Lipinski definition) is 2. The summed E-state index contributed by atoms with van der Waals surface area (Å²) in [6.45, 7) is 6.68. The van der Waals surface area contributed by atoms with E-state index in [0.717, 1.165) is 5.69 Å². The molecule has 1 aliphatic rings. The number of nitrogens with two attached hydrogens (primary N) is 1. The summed E-state index contributed by atoms with van der Waals surface area (Å²) in [4.78, 5) is 2.49. The Morgan fingerprint density at radius 2 is 1.73 bits per heavy atom. The molecule has 0 saturated carbocycles. The summed E-state index contributed by atoms with van der Waals surface area (Å²) in [7, 11) is 0. The molecule has 0 atom stereocenters. The van der Waals surface area contributed by atoms with Crippen molar-refractivity contribution in [3.05, 3.63) is 23.3 Å². The third-order valence-electron chi connectivity index (χ3n) is 3.35. The molecule has 2 heteroatoms. The fourth-order valence-electron chi connectivity index (χ4n) is 2.46. The number of benzene rings is 1. The summed E-state index contributed by atoms with van der Waals surface area (Å²) < 4.78 is 0. The smallest absolute Gasteiger partial charge is 0.0446 e. The van der Waals surface area contributed by atoms with Gasteiger partial charge in [-0.3, -0.25) is 0 Å². The fraction of sp³-hybridized carbons (Fsp3) is 0.538. The summed E-state index contributed by atoms with van der Waals surface area (Å²) >= 11 is 0. The maximum absolute atomic E-state index is 5.97. The first-order chi connectivity index (χ1) is 7.20. The quantitative estimate of drug-likeness (QED) is 0.713. The SMILES string of the molecule is Cc1ccc(N)c(C)c1N1CCCCC1. The largest absolute Gasteiger partial charge is 0.398 e. The first-order valence-electron chi connectivity index (χ1n) is 5.81. The molecule has 0 spiro atoms. The minimum atomic E-state index is 0.918. The molecule has 2 N–H and O–H groups in total. The first kappa shape index (κ1) is 10.3. The van der Waals surface area contributed by atoms with Crippen LogP contribution in [0.2, 0.25) is 0 Å². The van der Waals surface area contributed by atoms with Crippen molar-refractivity contribution >= 4 is 11.4 Å². The molecule has 15 heavy (non-hydrogen) atoms. The van der Waals surface area contributed by atoms with Gasteiger partial charge in [0.15, 0.2) is 0 Å². The van der Waals surface area contributed by atoms with Crippen LogP contribution in [0.25, 0.3) is 0 Å². The van der Waals surface area contributed by atoms with Gasteiger partial charge in [-0.1, -0.05) is 6.07 Å². The van der Waals surface area contributed by atoms with Crippen LogP contribution in [0, 0.1) is 13.8 Å². The van der Waals surface area contributed by atoms with E-state index in [1.54, 1.807) is 0 Å². The molecule has 0 aromatic heterocycles. The maximum atomic E-state index is 5.97. The van der Waals surface area contributed by atoms with Gasteiger partial charge in [0.2, 0.25) is 0 Å². The number of piperidine rings is 1. The maximum Gasteiger partial charge on any atom is 0.0446 e. The number of nitrogens with zero attached hydrogens (tertiary/aromatic N) is 1. The zero-order valence-corrected chi connectivity index (χ0v) is 9.71. The zero-order valence-electron chi connectivity index (χ0n) is 9.71. The normalized spacial score (nSPS) is 16.8. The number of aryl methyl sites for hydroxylation is 1. The van der Waals surface area contributed by atoms with Crippen molar-refractivity contribution in [2.75, 3.05) is 23.7 Å². The van der Waals surface area contributed by atoms with Crippen molar-refractivity contribution in [2.24, 2.45) is 0 Å². The van der Waals surface area contributed by atoms with Gasteiger partial charge in [-0.05, 0) is 50.3 Å². The molecule has 1 saturated heterocycles. The molecule has 1 aromatic carbocycles. The molecule has 0 bridgehead atoms. The van der Waals surface area contributed by atoms with Crippen molar-refractivity contribution in [3.8, 4) is 0 Å². The molecular weight excluding hydrogens is 184 g/mol. The van der Waals surface area contributed by atoms with Crippen LogP contribution in [0.3, 0.4) is 0 Å². The Bertz CT molecular complexity index is 352. The van der Waals surface area contributed by atoms with Gasteiger partial charge in [-0.15, -0.1) is 0 Å². The van der Waals surface area contributed by atoms with Crippen molar-refractivity contribution < 1.29 is 0 Å². The highest BCUT2D eigenvalue weighted by molar-refractivity contribution is 5.68. The van der Waals surface area contributed by atoms with Crippen LogP contribution in [-0.2, 0) is 0 Å². The second-order valence-electron chi connectivity index (χ2n) is 4.49. The predicted octanol–water partition coefficient (Wildman–Crippen LogP) is 2.88. The summed E-state index contributed by atoms with van der Waals surface area (Å²) in [5.41, 5.74) is 10.9. The Labute approximate surface area is 92.1 Å². The van der Waals surface area contributed by atoms with Crippen LogP contribution in [-0.4, -0.2) is 13.1 Å². The molecule has 2 nitrogen and oxygen atoms in total. The van der Waals surface area contributed by atoms with Crippen LogP contribution < -0.4 is 10.6 Å². The molecule has 1 aromatic rings. The lowest BCUT2D eigenvalue weighted by molar-refractivity contribution is 0.576. The van der Waals surface area contributed by atoms with Crippen LogP contribution >= 0.6 is 0 Å². The van der Waals surface area contributed by atoms with E-state index in [-0.39, 0.29) is 0 Å². The number of nitrogen functional groups attached to an aromatic ring is 1. The summed E-state index contributed by atoms with van der Waals surface area (Å²) in [5.74, 6) is 0. The van der Waals surface area contributed by atoms with E-state index in [2.05, 4.69) is 24.8 Å².